The van der Waals surface area contributed by atoms with Crippen molar-refractivity contribution in [2.45, 2.75) is 62.2 Å². The maximum absolute atomic E-state index is 12.0. The van der Waals surface area contributed by atoms with Gasteiger partial charge in [-0.25, -0.2) is 13.4 Å². The monoisotopic (exact) mass is 565 g/mol. The fourth-order valence-electron chi connectivity index (χ4n) is 5.66. The first-order valence-corrected chi connectivity index (χ1v) is 15.7. The summed E-state index contributed by atoms with van der Waals surface area (Å²) in [6.45, 7) is 6.25. The summed E-state index contributed by atoms with van der Waals surface area (Å²) in [7, 11) is -3.32. The second-order valence-electron chi connectivity index (χ2n) is 11.4. The van der Waals surface area contributed by atoms with Gasteiger partial charge in [-0.3, -0.25) is 4.90 Å². The van der Waals surface area contributed by atoms with Gasteiger partial charge in [0, 0.05) is 41.9 Å². The Morgan fingerprint density at radius 2 is 1.85 bits per heavy atom. The van der Waals surface area contributed by atoms with E-state index in [1.165, 1.54) is 22.6 Å². The zero-order valence-electron chi connectivity index (χ0n) is 22.7. The molecule has 4 aromatic rings. The van der Waals surface area contributed by atoms with E-state index in [1.807, 2.05) is 6.07 Å². The zero-order valence-corrected chi connectivity index (χ0v) is 24.3. The lowest BCUT2D eigenvalue weighted by molar-refractivity contribution is 0.0633. The minimum Gasteiger partial charge on any atom is -0.390 e. The lowest BCUT2D eigenvalue weighted by Crippen LogP contribution is -2.50. The number of aromatic nitrogens is 1. The first kappa shape index (κ1) is 28.0. The summed E-state index contributed by atoms with van der Waals surface area (Å²) in [6.07, 6.45) is 3.43. The number of aliphatic hydroxyl groups excluding tert-OH is 1. The van der Waals surface area contributed by atoms with Crippen molar-refractivity contribution in [3.63, 3.8) is 0 Å². The van der Waals surface area contributed by atoms with E-state index in [2.05, 4.69) is 71.5 Å². The Morgan fingerprint density at radius 1 is 1.08 bits per heavy atom. The number of sulfone groups is 1. The number of benzene rings is 3. The van der Waals surface area contributed by atoms with Crippen LogP contribution < -0.4 is 5.32 Å². The number of pyridine rings is 1. The van der Waals surface area contributed by atoms with Gasteiger partial charge in [0.2, 0.25) is 0 Å². The van der Waals surface area contributed by atoms with Crippen molar-refractivity contribution in [3.8, 4) is 0 Å². The van der Waals surface area contributed by atoms with Crippen LogP contribution >= 0.6 is 11.6 Å². The molecule has 1 aliphatic heterocycles. The van der Waals surface area contributed by atoms with E-state index < -0.39 is 15.9 Å². The van der Waals surface area contributed by atoms with E-state index in [0.717, 1.165) is 36.8 Å². The number of hydrogen-bond donors (Lipinski definition) is 2. The van der Waals surface area contributed by atoms with Crippen molar-refractivity contribution in [3.05, 3.63) is 83.0 Å². The van der Waals surface area contributed by atoms with E-state index >= 15 is 0 Å². The highest BCUT2D eigenvalue weighted by atomic mass is 35.5. The molecule has 0 saturated carbocycles. The molecule has 5 rings (SSSR count). The molecule has 0 amide bonds. The fraction of sp³-hybridized carbons (Fsp3) is 0.387. The number of likely N-dealkylation sites (tertiary alicyclic amines) is 1. The summed E-state index contributed by atoms with van der Waals surface area (Å²) in [5, 5.41) is 18.4. The van der Waals surface area contributed by atoms with Gasteiger partial charge in [-0.2, -0.15) is 0 Å². The van der Waals surface area contributed by atoms with Crippen LogP contribution in [0.1, 0.15) is 37.8 Å². The second-order valence-corrected chi connectivity index (χ2v) is 13.8. The van der Waals surface area contributed by atoms with Crippen LogP contribution in [0.4, 0.5) is 0 Å². The van der Waals surface area contributed by atoms with Crippen molar-refractivity contribution in [2.75, 3.05) is 19.3 Å². The Bertz CT molecular complexity index is 1610. The maximum atomic E-state index is 12.0. The predicted octanol–water partition coefficient (Wildman–Crippen LogP) is 5.38. The van der Waals surface area contributed by atoms with Crippen molar-refractivity contribution in [1.29, 1.82) is 0 Å². The molecular weight excluding hydrogens is 530 g/mol. The highest BCUT2D eigenvalue weighted by Gasteiger charge is 2.32. The van der Waals surface area contributed by atoms with E-state index in [0.29, 0.717) is 23.8 Å². The van der Waals surface area contributed by atoms with Gasteiger partial charge < -0.3 is 10.4 Å². The highest BCUT2D eigenvalue weighted by molar-refractivity contribution is 7.90. The third kappa shape index (κ3) is 6.61. The maximum Gasteiger partial charge on any atom is 0.175 e. The van der Waals surface area contributed by atoms with Gasteiger partial charge in [0.1, 0.15) is 5.15 Å². The topological polar surface area (TPSA) is 82.5 Å². The van der Waals surface area contributed by atoms with Crippen LogP contribution in [0.3, 0.4) is 0 Å². The molecule has 2 atom stereocenters. The molecule has 0 aliphatic carbocycles. The molecule has 2 unspecified atom stereocenters. The molecule has 8 heteroatoms. The van der Waals surface area contributed by atoms with Crippen molar-refractivity contribution >= 4 is 43.1 Å². The highest BCUT2D eigenvalue weighted by Crippen LogP contribution is 2.28. The quantitative estimate of drug-likeness (QED) is 0.265. The average Bonchev–Trinajstić information content (AvgIpc) is 3.35. The molecule has 6 nitrogen and oxygen atoms in total. The molecule has 1 saturated heterocycles. The van der Waals surface area contributed by atoms with Gasteiger partial charge in [-0.1, -0.05) is 54.1 Å². The Balaban J connectivity index is 1.24. The first-order chi connectivity index (χ1) is 18.5. The van der Waals surface area contributed by atoms with Crippen LogP contribution in [0, 0.1) is 0 Å². The number of β-amino-alcohol motifs (C(OH)–C–C–N with tert-alkyl or cyclic N) is 1. The molecule has 2 N–H and O–H groups in total. The van der Waals surface area contributed by atoms with Crippen molar-refractivity contribution in [2.24, 2.45) is 0 Å². The standard InChI is InChI=1S/C31H36ClN3O3S/c1-31(2,18-21-10-11-22-7-4-5-8-23(22)15-21)33-19-29(36)28-9-6-14-35(28)20-25-16-24-17-26(39(3,37)38)12-13-27(24)34-30(25)32/h4-5,7-8,10-13,15-17,28-29,33,36H,6,9,14,18-20H2,1-3H3. The lowest BCUT2D eigenvalue weighted by atomic mass is 9.93. The minimum absolute atomic E-state index is 0.00286. The predicted molar refractivity (Wildman–Crippen MR) is 159 cm³/mol. The molecule has 39 heavy (non-hydrogen) atoms. The van der Waals surface area contributed by atoms with Gasteiger partial charge in [-0.15, -0.1) is 0 Å². The summed E-state index contributed by atoms with van der Waals surface area (Å²) >= 11 is 6.54. The smallest absolute Gasteiger partial charge is 0.175 e. The van der Waals surface area contributed by atoms with Gasteiger partial charge >= 0.3 is 0 Å². The van der Waals surface area contributed by atoms with E-state index in [-0.39, 0.29) is 16.5 Å². The molecule has 206 valence electrons. The number of aliphatic hydroxyl groups is 1. The van der Waals surface area contributed by atoms with Crippen LogP contribution in [-0.2, 0) is 22.8 Å². The molecule has 1 aromatic heterocycles. The normalized spacial score (nSPS) is 17.7. The number of hydrogen-bond acceptors (Lipinski definition) is 6. The van der Waals surface area contributed by atoms with Gasteiger partial charge in [0.25, 0.3) is 0 Å². The van der Waals surface area contributed by atoms with Crippen LogP contribution in [0.15, 0.2) is 71.6 Å². The van der Waals surface area contributed by atoms with Crippen LogP contribution in [0.5, 0.6) is 0 Å². The van der Waals surface area contributed by atoms with E-state index in [4.69, 9.17) is 11.6 Å². The Hall–Kier alpha value is -2.55. The van der Waals surface area contributed by atoms with Crippen molar-refractivity contribution < 1.29 is 13.5 Å². The van der Waals surface area contributed by atoms with Crippen molar-refractivity contribution in [1.82, 2.24) is 15.2 Å². The summed E-state index contributed by atoms with van der Waals surface area (Å²) < 4.78 is 24.0. The van der Waals surface area contributed by atoms with E-state index in [1.54, 1.807) is 18.2 Å². The third-order valence-corrected chi connectivity index (χ3v) is 9.16. The zero-order chi connectivity index (χ0) is 27.8. The SMILES string of the molecule is CC(C)(Cc1ccc2ccccc2c1)NCC(O)C1CCCN1Cc1cc2cc(S(C)(=O)=O)ccc2nc1Cl. The second kappa shape index (κ2) is 11.1. The number of nitrogens with one attached hydrogen (secondary N) is 1. The molecule has 2 heterocycles. The van der Waals surface area contributed by atoms with Gasteiger partial charge in [0.05, 0.1) is 16.5 Å². The van der Waals surface area contributed by atoms with Gasteiger partial charge in [-0.05, 0) is 80.3 Å². The summed E-state index contributed by atoms with van der Waals surface area (Å²) in [6, 6.07) is 21.8. The molecule has 1 aliphatic rings. The molecule has 0 bridgehead atoms. The number of rotatable bonds is 9. The number of nitrogens with zero attached hydrogens (tertiary/aromatic N) is 2. The van der Waals surface area contributed by atoms with E-state index in [9.17, 15) is 13.5 Å². The first-order valence-electron chi connectivity index (χ1n) is 13.4. The van der Waals surface area contributed by atoms with Crippen LogP contribution in [-0.4, -0.2) is 60.4 Å². The molecule has 1 fully saturated rings. The fourth-order valence-corrected chi connectivity index (χ4v) is 6.52. The summed E-state index contributed by atoms with van der Waals surface area (Å²) in [5.74, 6) is 0. The Labute approximate surface area is 235 Å². The Morgan fingerprint density at radius 3 is 2.62 bits per heavy atom. The van der Waals surface area contributed by atoms with Crippen LogP contribution in [0.2, 0.25) is 5.15 Å². The molecular formula is C31H36ClN3O3S. The lowest BCUT2D eigenvalue weighted by Gasteiger charge is -2.33. The minimum atomic E-state index is -3.32. The third-order valence-electron chi connectivity index (χ3n) is 7.72. The molecule has 0 radical (unpaired) electrons. The summed E-state index contributed by atoms with van der Waals surface area (Å²) in [4.78, 5) is 7.03. The summed E-state index contributed by atoms with van der Waals surface area (Å²) in [5.41, 5.74) is 2.57. The average molecular weight is 566 g/mol. The molecule has 0 spiro atoms. The number of halogens is 1. The van der Waals surface area contributed by atoms with Crippen LogP contribution in [0.25, 0.3) is 21.7 Å². The number of fused-ring (bicyclic) bond motifs is 2. The van der Waals surface area contributed by atoms with Gasteiger partial charge in [0.15, 0.2) is 9.84 Å². The molecule has 3 aromatic carbocycles. The largest absolute Gasteiger partial charge is 0.390 e. The Kier molecular flexibility index (Phi) is 8.00.